The van der Waals surface area contributed by atoms with Crippen molar-refractivity contribution in [3.05, 3.63) is 58.1 Å². The van der Waals surface area contributed by atoms with Gasteiger partial charge in [0.15, 0.2) is 11.5 Å². The fraction of sp³-hybridized carbons (Fsp3) is 0.158. The Bertz CT molecular complexity index is 867. The van der Waals surface area contributed by atoms with E-state index in [2.05, 4.69) is 26.8 Å². The number of hydrazine groups is 1. The topological polar surface area (TPSA) is 85.9 Å². The third kappa shape index (κ3) is 5.49. The van der Waals surface area contributed by atoms with Gasteiger partial charge in [-0.15, -0.1) is 0 Å². The quantitative estimate of drug-likeness (QED) is 0.539. The number of methoxy groups -OCH3 is 3. The van der Waals surface area contributed by atoms with Crippen molar-refractivity contribution in [1.29, 1.82) is 0 Å². The predicted octanol–water partition coefficient (Wildman–Crippen LogP) is 2.95. The average Bonchev–Trinajstić information content (AvgIpc) is 2.69. The number of carbonyl (C=O) groups is 2. The number of benzene rings is 2. The number of rotatable bonds is 6. The zero-order chi connectivity index (χ0) is 19.8. The minimum atomic E-state index is -0.481. The number of hydrogen-bond acceptors (Lipinski definition) is 5. The van der Waals surface area contributed by atoms with Crippen molar-refractivity contribution >= 4 is 33.8 Å². The van der Waals surface area contributed by atoms with Gasteiger partial charge in [0.2, 0.25) is 0 Å². The fourth-order valence-corrected chi connectivity index (χ4v) is 2.71. The first-order valence-corrected chi connectivity index (χ1v) is 8.61. The second-order valence-corrected chi connectivity index (χ2v) is 6.09. The number of amides is 2. The van der Waals surface area contributed by atoms with Crippen LogP contribution in [0.25, 0.3) is 6.08 Å². The summed E-state index contributed by atoms with van der Waals surface area (Å²) >= 11 is 3.31. The molecule has 8 heteroatoms. The summed E-state index contributed by atoms with van der Waals surface area (Å²) in [5.41, 5.74) is 5.78. The van der Waals surface area contributed by atoms with Crippen LogP contribution >= 0.6 is 15.9 Å². The van der Waals surface area contributed by atoms with E-state index in [-0.39, 0.29) is 0 Å². The van der Waals surface area contributed by atoms with Crippen molar-refractivity contribution in [1.82, 2.24) is 10.9 Å². The number of ether oxygens (including phenoxy) is 3. The molecule has 0 aromatic heterocycles. The summed E-state index contributed by atoms with van der Waals surface area (Å²) in [6.45, 7) is 0. The Morgan fingerprint density at radius 1 is 0.889 bits per heavy atom. The van der Waals surface area contributed by atoms with Gasteiger partial charge in [-0.05, 0) is 57.9 Å². The minimum absolute atomic E-state index is 0.367. The largest absolute Gasteiger partial charge is 0.496 e. The van der Waals surface area contributed by atoms with E-state index in [0.29, 0.717) is 27.3 Å². The molecule has 2 aromatic rings. The molecule has 7 nitrogen and oxygen atoms in total. The van der Waals surface area contributed by atoms with E-state index in [4.69, 9.17) is 14.2 Å². The number of hydrogen-bond donors (Lipinski definition) is 2. The van der Waals surface area contributed by atoms with Gasteiger partial charge < -0.3 is 14.2 Å². The van der Waals surface area contributed by atoms with E-state index in [9.17, 15) is 9.59 Å². The molecule has 0 saturated carbocycles. The maximum Gasteiger partial charge on any atom is 0.269 e. The van der Waals surface area contributed by atoms with Gasteiger partial charge in [0.1, 0.15) is 5.75 Å². The van der Waals surface area contributed by atoms with Crippen LogP contribution in [0.5, 0.6) is 17.2 Å². The van der Waals surface area contributed by atoms with Gasteiger partial charge in [-0.1, -0.05) is 6.07 Å². The zero-order valence-corrected chi connectivity index (χ0v) is 16.6. The van der Waals surface area contributed by atoms with E-state index in [0.717, 1.165) is 5.56 Å². The standard InChI is InChI=1S/C19H19BrN2O5/c1-25-15-8-6-13(11-14(15)20)19(24)22-21-18(23)9-5-12-4-7-16(26-2)17(10-12)27-3/h4-11H,1-3H3,(H,21,23)(H,22,24)/b9-5+. The summed E-state index contributed by atoms with van der Waals surface area (Å²) in [5.74, 6) is 0.820. The Morgan fingerprint density at radius 2 is 1.56 bits per heavy atom. The highest BCUT2D eigenvalue weighted by molar-refractivity contribution is 9.10. The minimum Gasteiger partial charge on any atom is -0.496 e. The molecular formula is C19H19BrN2O5. The lowest BCUT2D eigenvalue weighted by Crippen LogP contribution is -2.40. The lowest BCUT2D eigenvalue weighted by atomic mass is 10.2. The van der Waals surface area contributed by atoms with Gasteiger partial charge in [-0.3, -0.25) is 20.4 Å². The second-order valence-electron chi connectivity index (χ2n) is 5.24. The van der Waals surface area contributed by atoms with Gasteiger partial charge in [0.05, 0.1) is 25.8 Å². The molecule has 27 heavy (non-hydrogen) atoms. The first-order valence-electron chi connectivity index (χ1n) is 7.82. The summed E-state index contributed by atoms with van der Waals surface area (Å²) in [6.07, 6.45) is 2.89. The predicted molar refractivity (Wildman–Crippen MR) is 105 cm³/mol. The van der Waals surface area contributed by atoms with Gasteiger partial charge >= 0.3 is 0 Å². The summed E-state index contributed by atoms with van der Waals surface area (Å²) in [5, 5.41) is 0. The van der Waals surface area contributed by atoms with Crippen LogP contribution < -0.4 is 25.1 Å². The van der Waals surface area contributed by atoms with Crippen LogP contribution in [0.4, 0.5) is 0 Å². The Labute approximate surface area is 165 Å². The van der Waals surface area contributed by atoms with Gasteiger partial charge in [-0.25, -0.2) is 0 Å². The van der Waals surface area contributed by atoms with Crippen molar-refractivity contribution in [2.45, 2.75) is 0 Å². The zero-order valence-electron chi connectivity index (χ0n) is 15.0. The van der Waals surface area contributed by atoms with Crippen LogP contribution in [0.15, 0.2) is 46.9 Å². The first-order chi connectivity index (χ1) is 13.0. The molecule has 0 aliphatic heterocycles. The van der Waals surface area contributed by atoms with Crippen LogP contribution in [0.2, 0.25) is 0 Å². The van der Waals surface area contributed by atoms with Gasteiger partial charge in [-0.2, -0.15) is 0 Å². The highest BCUT2D eigenvalue weighted by Gasteiger charge is 2.09. The monoisotopic (exact) mass is 434 g/mol. The highest BCUT2D eigenvalue weighted by atomic mass is 79.9. The molecule has 2 aromatic carbocycles. The molecule has 2 amide bonds. The van der Waals surface area contributed by atoms with Crippen molar-refractivity contribution in [3.8, 4) is 17.2 Å². The lowest BCUT2D eigenvalue weighted by Gasteiger charge is -2.08. The van der Waals surface area contributed by atoms with Gasteiger partial charge in [0, 0.05) is 11.6 Å². The van der Waals surface area contributed by atoms with E-state index >= 15 is 0 Å². The normalized spacial score (nSPS) is 10.4. The van der Waals surface area contributed by atoms with Gasteiger partial charge in [0.25, 0.3) is 11.8 Å². The summed E-state index contributed by atoms with van der Waals surface area (Å²) in [6, 6.07) is 10.1. The maximum absolute atomic E-state index is 12.1. The molecule has 0 radical (unpaired) electrons. The number of halogens is 1. The highest BCUT2D eigenvalue weighted by Crippen LogP contribution is 2.28. The van der Waals surface area contributed by atoms with E-state index < -0.39 is 11.8 Å². The Morgan fingerprint density at radius 3 is 2.19 bits per heavy atom. The summed E-state index contributed by atoms with van der Waals surface area (Å²) in [7, 11) is 4.61. The van der Waals surface area contributed by atoms with Crippen molar-refractivity contribution in [2.24, 2.45) is 0 Å². The average molecular weight is 435 g/mol. The second kappa shape index (κ2) is 9.63. The van der Waals surface area contributed by atoms with E-state index in [1.807, 2.05) is 0 Å². The fourth-order valence-electron chi connectivity index (χ4n) is 2.17. The summed E-state index contributed by atoms with van der Waals surface area (Å²) < 4.78 is 16.1. The SMILES string of the molecule is COc1ccc(C(=O)NNC(=O)/C=C/c2ccc(OC)c(OC)c2)cc1Br. The molecule has 0 saturated heterocycles. The molecular weight excluding hydrogens is 416 g/mol. The van der Waals surface area contributed by atoms with E-state index in [1.54, 1.807) is 49.6 Å². The lowest BCUT2D eigenvalue weighted by molar-refractivity contribution is -0.117. The molecule has 0 unspecified atom stereocenters. The van der Waals surface area contributed by atoms with Crippen LogP contribution in [0, 0.1) is 0 Å². The molecule has 142 valence electrons. The number of carbonyl (C=O) groups excluding carboxylic acids is 2. The molecule has 0 heterocycles. The molecule has 0 aliphatic rings. The molecule has 0 aliphatic carbocycles. The molecule has 2 rings (SSSR count). The molecule has 0 atom stereocenters. The van der Waals surface area contributed by atoms with Crippen LogP contribution in [-0.4, -0.2) is 33.1 Å². The van der Waals surface area contributed by atoms with E-state index in [1.165, 1.54) is 20.3 Å². The molecule has 0 fully saturated rings. The van der Waals surface area contributed by atoms with Crippen molar-refractivity contribution < 1.29 is 23.8 Å². The van der Waals surface area contributed by atoms with Crippen LogP contribution in [-0.2, 0) is 4.79 Å². The molecule has 2 N–H and O–H groups in total. The Kier molecular flexibility index (Phi) is 7.25. The van der Waals surface area contributed by atoms with Crippen LogP contribution in [0.3, 0.4) is 0 Å². The molecule has 0 bridgehead atoms. The maximum atomic E-state index is 12.1. The Hall–Kier alpha value is -3.00. The van der Waals surface area contributed by atoms with Crippen molar-refractivity contribution in [3.63, 3.8) is 0 Å². The third-order valence-electron chi connectivity index (χ3n) is 3.55. The smallest absolute Gasteiger partial charge is 0.269 e. The Balaban J connectivity index is 1.94. The first kappa shape index (κ1) is 20.3. The van der Waals surface area contributed by atoms with Crippen molar-refractivity contribution in [2.75, 3.05) is 21.3 Å². The third-order valence-corrected chi connectivity index (χ3v) is 4.17. The summed E-state index contributed by atoms with van der Waals surface area (Å²) in [4.78, 5) is 24.0. The number of nitrogens with one attached hydrogen (secondary N) is 2. The van der Waals surface area contributed by atoms with Crippen LogP contribution in [0.1, 0.15) is 15.9 Å². The molecule has 0 spiro atoms.